The zero-order valence-corrected chi connectivity index (χ0v) is 18.3. The first kappa shape index (κ1) is 22.4. The van der Waals surface area contributed by atoms with E-state index in [1.54, 1.807) is 36.4 Å². The van der Waals surface area contributed by atoms with E-state index in [0.717, 1.165) is 0 Å². The van der Waals surface area contributed by atoms with Crippen LogP contribution in [0.2, 0.25) is 5.02 Å². The van der Waals surface area contributed by atoms with Gasteiger partial charge in [-0.2, -0.15) is 4.31 Å². The molecule has 1 heterocycles. The van der Waals surface area contributed by atoms with Crippen LogP contribution in [0.1, 0.15) is 19.3 Å². The highest BCUT2D eigenvalue weighted by atomic mass is 35.5. The van der Waals surface area contributed by atoms with Crippen molar-refractivity contribution in [3.63, 3.8) is 0 Å². The Kier molecular flexibility index (Phi) is 6.90. The Morgan fingerprint density at radius 1 is 1.20 bits per heavy atom. The molecule has 7 nitrogen and oxygen atoms in total. The predicted molar refractivity (Wildman–Crippen MR) is 114 cm³/mol. The number of methoxy groups -OCH3 is 1. The molecule has 0 aromatic heterocycles. The maximum absolute atomic E-state index is 13.2. The lowest BCUT2D eigenvalue weighted by molar-refractivity contribution is -0.121. The second-order valence-electron chi connectivity index (χ2n) is 7.51. The van der Waals surface area contributed by atoms with Crippen molar-refractivity contribution in [1.29, 1.82) is 0 Å². The van der Waals surface area contributed by atoms with Crippen LogP contribution < -0.4 is 15.2 Å². The van der Waals surface area contributed by atoms with E-state index >= 15 is 0 Å². The summed E-state index contributed by atoms with van der Waals surface area (Å²) in [6, 6.07) is 13.2. The zero-order chi connectivity index (χ0) is 21.8. The van der Waals surface area contributed by atoms with Crippen LogP contribution in [-0.2, 0) is 14.8 Å². The van der Waals surface area contributed by atoms with Crippen molar-refractivity contribution in [2.45, 2.75) is 24.2 Å². The maximum Gasteiger partial charge on any atom is 0.243 e. The summed E-state index contributed by atoms with van der Waals surface area (Å²) < 4.78 is 38.8. The van der Waals surface area contributed by atoms with E-state index < -0.39 is 21.3 Å². The van der Waals surface area contributed by atoms with Gasteiger partial charge < -0.3 is 15.2 Å². The lowest BCUT2D eigenvalue weighted by Crippen LogP contribution is -2.50. The largest absolute Gasteiger partial charge is 0.497 e. The SMILES string of the molecule is COc1ccc(S(=O)(=O)N2CCC[C@](COc3cccc(Cl)c3)(CC(N)=O)C2)cc1. The molecule has 0 unspecified atom stereocenters. The Hall–Kier alpha value is -2.29. The fraction of sp³-hybridized carbons (Fsp3) is 0.381. The number of piperidine rings is 1. The summed E-state index contributed by atoms with van der Waals surface area (Å²) in [4.78, 5) is 12.0. The van der Waals surface area contributed by atoms with E-state index in [9.17, 15) is 13.2 Å². The van der Waals surface area contributed by atoms with E-state index in [1.807, 2.05) is 0 Å². The Balaban J connectivity index is 1.82. The summed E-state index contributed by atoms with van der Waals surface area (Å²) in [6.07, 6.45) is 1.26. The molecule has 2 aromatic carbocycles. The number of primary amides is 1. The minimum absolute atomic E-state index is 0.0300. The molecule has 1 aliphatic rings. The van der Waals surface area contributed by atoms with Gasteiger partial charge in [0.25, 0.3) is 0 Å². The molecule has 9 heteroatoms. The molecule has 1 aliphatic heterocycles. The first-order chi connectivity index (χ1) is 14.2. The molecule has 0 aliphatic carbocycles. The Morgan fingerprint density at radius 3 is 2.57 bits per heavy atom. The van der Waals surface area contributed by atoms with Crippen molar-refractivity contribution in [3.05, 3.63) is 53.6 Å². The molecule has 0 spiro atoms. The van der Waals surface area contributed by atoms with Crippen LogP contribution in [-0.4, -0.2) is 45.4 Å². The molecule has 30 heavy (non-hydrogen) atoms. The molecule has 1 saturated heterocycles. The van der Waals surface area contributed by atoms with E-state index in [0.29, 0.717) is 35.9 Å². The maximum atomic E-state index is 13.2. The lowest BCUT2D eigenvalue weighted by Gasteiger charge is -2.41. The highest BCUT2D eigenvalue weighted by molar-refractivity contribution is 7.89. The number of hydrogen-bond donors (Lipinski definition) is 1. The van der Waals surface area contributed by atoms with Gasteiger partial charge in [-0.1, -0.05) is 17.7 Å². The van der Waals surface area contributed by atoms with E-state index in [-0.39, 0.29) is 24.5 Å². The third kappa shape index (κ3) is 5.24. The smallest absolute Gasteiger partial charge is 0.243 e. The summed E-state index contributed by atoms with van der Waals surface area (Å²) in [5.74, 6) is 0.639. The average Bonchev–Trinajstić information content (AvgIpc) is 2.72. The predicted octanol–water partition coefficient (Wildman–Crippen LogP) is 3.07. The van der Waals surface area contributed by atoms with Crippen LogP contribution in [0, 0.1) is 5.41 Å². The van der Waals surface area contributed by atoms with Crippen molar-refractivity contribution >= 4 is 27.5 Å². The number of ether oxygens (including phenoxy) is 2. The van der Waals surface area contributed by atoms with Gasteiger partial charge in [-0.05, 0) is 55.3 Å². The molecule has 162 valence electrons. The summed E-state index contributed by atoms with van der Waals surface area (Å²) in [7, 11) is -2.21. The number of nitrogens with two attached hydrogens (primary N) is 1. The third-order valence-electron chi connectivity index (χ3n) is 5.21. The minimum atomic E-state index is -3.73. The van der Waals surface area contributed by atoms with Crippen molar-refractivity contribution in [2.75, 3.05) is 26.8 Å². The van der Waals surface area contributed by atoms with Crippen LogP contribution in [0.3, 0.4) is 0 Å². The number of amides is 1. The van der Waals surface area contributed by atoms with Gasteiger partial charge in [0.15, 0.2) is 0 Å². The van der Waals surface area contributed by atoms with Crippen molar-refractivity contribution in [1.82, 2.24) is 4.31 Å². The molecule has 0 radical (unpaired) electrons. The van der Waals surface area contributed by atoms with Crippen molar-refractivity contribution in [2.24, 2.45) is 11.1 Å². The number of carbonyl (C=O) groups excluding carboxylic acids is 1. The first-order valence-electron chi connectivity index (χ1n) is 9.55. The first-order valence-corrected chi connectivity index (χ1v) is 11.4. The normalized spacial score (nSPS) is 19.9. The van der Waals surface area contributed by atoms with Gasteiger partial charge in [-0.25, -0.2) is 8.42 Å². The number of sulfonamides is 1. The summed E-state index contributed by atoms with van der Waals surface area (Å²) in [5, 5.41) is 0.531. The minimum Gasteiger partial charge on any atom is -0.497 e. The van der Waals surface area contributed by atoms with Gasteiger partial charge in [-0.3, -0.25) is 4.79 Å². The number of nitrogens with zero attached hydrogens (tertiary/aromatic N) is 1. The van der Waals surface area contributed by atoms with Crippen LogP contribution in [0.4, 0.5) is 0 Å². The molecule has 2 aromatic rings. The van der Waals surface area contributed by atoms with Gasteiger partial charge in [-0.15, -0.1) is 0 Å². The van der Waals surface area contributed by atoms with Crippen LogP contribution in [0.15, 0.2) is 53.4 Å². The highest BCUT2D eigenvalue weighted by Crippen LogP contribution is 2.37. The average molecular weight is 453 g/mol. The number of carbonyl (C=O) groups is 1. The fourth-order valence-corrected chi connectivity index (χ4v) is 5.51. The standard InChI is InChI=1S/C21H25ClN2O5S/c1-28-17-6-8-19(9-7-17)30(26,27)24-11-3-10-21(14-24,13-20(23)25)15-29-18-5-2-4-16(22)12-18/h2,4-9,12H,3,10-11,13-15H2,1H3,(H2,23,25)/t21-/m0/s1. The highest BCUT2D eigenvalue weighted by Gasteiger charge is 2.42. The number of halogens is 1. The van der Waals surface area contributed by atoms with E-state index in [2.05, 4.69) is 0 Å². The Morgan fingerprint density at radius 2 is 1.93 bits per heavy atom. The molecule has 1 amide bonds. The third-order valence-corrected chi connectivity index (χ3v) is 7.31. The zero-order valence-electron chi connectivity index (χ0n) is 16.7. The molecule has 2 N–H and O–H groups in total. The molecular formula is C21H25ClN2O5S. The van der Waals surface area contributed by atoms with Crippen molar-refractivity contribution < 1.29 is 22.7 Å². The molecule has 1 atom stereocenters. The summed E-state index contributed by atoms with van der Waals surface area (Å²) >= 11 is 6.01. The molecule has 1 fully saturated rings. The lowest BCUT2D eigenvalue weighted by atomic mass is 9.78. The fourth-order valence-electron chi connectivity index (χ4n) is 3.74. The molecule has 0 bridgehead atoms. The van der Waals surface area contributed by atoms with Gasteiger partial charge in [0.05, 0.1) is 18.6 Å². The second kappa shape index (κ2) is 9.24. The van der Waals surface area contributed by atoms with Gasteiger partial charge in [0, 0.05) is 29.9 Å². The van der Waals surface area contributed by atoms with Gasteiger partial charge in [0.1, 0.15) is 11.5 Å². The topological polar surface area (TPSA) is 98.9 Å². The van der Waals surface area contributed by atoms with Crippen LogP contribution in [0.5, 0.6) is 11.5 Å². The Labute approximate surface area is 181 Å². The van der Waals surface area contributed by atoms with Crippen LogP contribution >= 0.6 is 11.6 Å². The molecule has 3 rings (SSSR count). The van der Waals surface area contributed by atoms with E-state index in [4.69, 9.17) is 26.8 Å². The number of rotatable bonds is 8. The Bertz CT molecular complexity index is 997. The van der Waals surface area contributed by atoms with Gasteiger partial charge in [0.2, 0.25) is 15.9 Å². The summed E-state index contributed by atoms with van der Waals surface area (Å²) in [6.45, 7) is 0.668. The van der Waals surface area contributed by atoms with E-state index in [1.165, 1.54) is 23.5 Å². The second-order valence-corrected chi connectivity index (χ2v) is 9.88. The molecular weight excluding hydrogens is 428 g/mol. The monoisotopic (exact) mass is 452 g/mol. The number of benzene rings is 2. The van der Waals surface area contributed by atoms with Crippen LogP contribution in [0.25, 0.3) is 0 Å². The quantitative estimate of drug-likeness (QED) is 0.663. The summed E-state index contributed by atoms with van der Waals surface area (Å²) in [5.41, 5.74) is 4.79. The van der Waals surface area contributed by atoms with Gasteiger partial charge >= 0.3 is 0 Å². The van der Waals surface area contributed by atoms with Crippen molar-refractivity contribution in [3.8, 4) is 11.5 Å². The molecule has 0 saturated carbocycles. The number of hydrogen-bond acceptors (Lipinski definition) is 5.